The topological polar surface area (TPSA) is 94.8 Å². The second-order valence-electron chi connectivity index (χ2n) is 7.39. The fourth-order valence-electron chi connectivity index (χ4n) is 3.65. The molecule has 1 aromatic rings. The first-order valence-electron chi connectivity index (χ1n) is 9.99. The molecule has 1 saturated carbocycles. The molecular weight excluding hydrogens is 356 g/mol. The van der Waals surface area contributed by atoms with Crippen molar-refractivity contribution >= 4 is 11.8 Å². The number of ketones is 1. The van der Waals surface area contributed by atoms with Crippen molar-refractivity contribution in [1.82, 2.24) is 0 Å². The van der Waals surface area contributed by atoms with Gasteiger partial charge in [0.1, 0.15) is 11.5 Å². The van der Waals surface area contributed by atoms with Crippen LogP contribution in [0, 0.1) is 11.8 Å². The van der Waals surface area contributed by atoms with Gasteiger partial charge in [-0.3, -0.25) is 9.59 Å². The number of aryl methyl sites for hydroxylation is 1. The van der Waals surface area contributed by atoms with Gasteiger partial charge in [0.15, 0.2) is 0 Å². The highest BCUT2D eigenvalue weighted by atomic mass is 16.4. The minimum absolute atomic E-state index is 0.149. The lowest BCUT2D eigenvalue weighted by atomic mass is 9.74. The van der Waals surface area contributed by atoms with E-state index in [1.165, 1.54) is 0 Å². The second kappa shape index (κ2) is 11.4. The van der Waals surface area contributed by atoms with Crippen LogP contribution in [0.2, 0.25) is 0 Å². The number of carbonyl (C=O) groups is 2. The Labute approximate surface area is 166 Å². The molecule has 0 saturated heterocycles. The summed E-state index contributed by atoms with van der Waals surface area (Å²) in [6, 6.07) is 7.16. The smallest absolute Gasteiger partial charge is 0.303 e. The highest BCUT2D eigenvalue weighted by Gasteiger charge is 2.35. The van der Waals surface area contributed by atoms with Gasteiger partial charge in [-0.05, 0) is 56.2 Å². The van der Waals surface area contributed by atoms with Crippen molar-refractivity contribution in [2.24, 2.45) is 11.8 Å². The van der Waals surface area contributed by atoms with E-state index in [2.05, 4.69) is 0 Å². The molecule has 0 amide bonds. The van der Waals surface area contributed by atoms with E-state index in [-0.39, 0.29) is 29.8 Å². The van der Waals surface area contributed by atoms with Crippen molar-refractivity contribution in [2.75, 3.05) is 0 Å². The van der Waals surface area contributed by atoms with Gasteiger partial charge >= 0.3 is 5.97 Å². The summed E-state index contributed by atoms with van der Waals surface area (Å²) in [5.74, 6) is -0.770. The zero-order valence-electron chi connectivity index (χ0n) is 16.2. The molecule has 152 valence electrons. The van der Waals surface area contributed by atoms with Crippen LogP contribution < -0.4 is 0 Å². The monoisotopic (exact) mass is 386 g/mol. The predicted octanol–water partition coefficient (Wildman–Crippen LogP) is 4.04. The predicted molar refractivity (Wildman–Crippen MR) is 108 cm³/mol. The standard InChI is InChI=1S/C23H30O5/c24-18-10-7-9-17(16-18)8-5-6-12-20-19(21(25)14-15-22(20)26)11-3-1-2-4-13-23(27)28/h1,3,6-7,9-10,12,16,19-20,22,24,26H,2,4-5,8,11,13-15H2,(H,27,28)/b3-1-,12-6+/t19-,20-,22-/m1/s1. The van der Waals surface area contributed by atoms with Gasteiger partial charge in [0.25, 0.3) is 0 Å². The number of carbonyl (C=O) groups excluding carboxylic acids is 1. The van der Waals surface area contributed by atoms with E-state index in [0.717, 1.165) is 18.4 Å². The number of Topliss-reactive ketones (excluding diaryl/α,β-unsaturated/α-hetero) is 1. The Hall–Kier alpha value is -2.40. The number of hydrogen-bond donors (Lipinski definition) is 3. The van der Waals surface area contributed by atoms with Crippen LogP contribution >= 0.6 is 0 Å². The number of hydrogen-bond acceptors (Lipinski definition) is 4. The SMILES string of the molecule is O=C(O)CCC/C=C\C[C@H]1C(=O)CC[C@@H](O)[C@@H]1/C=C/CCc1cccc(O)c1. The van der Waals surface area contributed by atoms with Crippen LogP contribution in [0.5, 0.6) is 5.75 Å². The number of carboxylic acids is 1. The van der Waals surface area contributed by atoms with E-state index in [1.54, 1.807) is 12.1 Å². The van der Waals surface area contributed by atoms with Crippen LogP contribution in [-0.4, -0.2) is 33.2 Å². The quantitative estimate of drug-likeness (QED) is 0.417. The first kappa shape index (κ1) is 21.9. The molecule has 3 atom stereocenters. The zero-order valence-corrected chi connectivity index (χ0v) is 16.2. The van der Waals surface area contributed by atoms with Gasteiger partial charge in [0.05, 0.1) is 6.10 Å². The van der Waals surface area contributed by atoms with E-state index in [9.17, 15) is 19.8 Å². The molecule has 5 nitrogen and oxygen atoms in total. The molecule has 0 aliphatic heterocycles. The summed E-state index contributed by atoms with van der Waals surface area (Å²) in [5.41, 5.74) is 1.05. The Kier molecular flexibility index (Phi) is 8.95. The first-order valence-corrected chi connectivity index (χ1v) is 9.99. The molecule has 3 N–H and O–H groups in total. The maximum atomic E-state index is 12.4. The lowest BCUT2D eigenvalue weighted by Gasteiger charge is -2.32. The van der Waals surface area contributed by atoms with Crippen molar-refractivity contribution < 1.29 is 24.9 Å². The van der Waals surface area contributed by atoms with Crippen molar-refractivity contribution in [3.05, 3.63) is 54.1 Å². The van der Waals surface area contributed by atoms with Crippen LogP contribution in [0.3, 0.4) is 0 Å². The van der Waals surface area contributed by atoms with Crippen molar-refractivity contribution in [1.29, 1.82) is 0 Å². The minimum atomic E-state index is -0.796. The summed E-state index contributed by atoms with van der Waals surface area (Å²) < 4.78 is 0. The van der Waals surface area contributed by atoms with E-state index in [1.807, 2.05) is 36.4 Å². The Balaban J connectivity index is 1.87. The Morgan fingerprint density at radius 2 is 2.00 bits per heavy atom. The molecule has 1 aliphatic rings. The number of carboxylic acid groups (broad SMARTS) is 1. The molecule has 0 unspecified atom stereocenters. The van der Waals surface area contributed by atoms with Gasteiger partial charge in [0.2, 0.25) is 0 Å². The molecule has 28 heavy (non-hydrogen) atoms. The van der Waals surface area contributed by atoms with Crippen molar-refractivity contribution in [3.8, 4) is 5.75 Å². The first-order chi connectivity index (χ1) is 13.5. The number of aliphatic hydroxyl groups excluding tert-OH is 1. The summed E-state index contributed by atoms with van der Waals surface area (Å²) in [6.07, 6.45) is 11.8. The lowest BCUT2D eigenvalue weighted by molar-refractivity contribution is -0.137. The minimum Gasteiger partial charge on any atom is -0.508 e. The fourth-order valence-corrected chi connectivity index (χ4v) is 3.65. The number of phenolic OH excluding ortho intramolecular Hbond substituents is 1. The third-order valence-electron chi connectivity index (χ3n) is 5.20. The number of aliphatic hydroxyl groups is 1. The van der Waals surface area contributed by atoms with Crippen molar-refractivity contribution in [3.63, 3.8) is 0 Å². The molecule has 0 aromatic heterocycles. The van der Waals surface area contributed by atoms with Crippen LogP contribution in [0.1, 0.15) is 50.5 Å². The number of benzene rings is 1. The molecule has 0 spiro atoms. The highest BCUT2D eigenvalue weighted by molar-refractivity contribution is 5.82. The van der Waals surface area contributed by atoms with Crippen LogP contribution in [0.4, 0.5) is 0 Å². The molecule has 1 aliphatic carbocycles. The van der Waals surface area contributed by atoms with Gasteiger partial charge in [-0.2, -0.15) is 0 Å². The number of aromatic hydroxyl groups is 1. The molecule has 0 bridgehead atoms. The number of aliphatic carboxylic acids is 1. The number of unbranched alkanes of at least 4 members (excludes halogenated alkanes) is 1. The van der Waals surface area contributed by atoms with Crippen molar-refractivity contribution in [2.45, 2.75) is 57.5 Å². The maximum absolute atomic E-state index is 12.4. The highest BCUT2D eigenvalue weighted by Crippen LogP contribution is 2.32. The number of allylic oxidation sites excluding steroid dienone is 3. The van der Waals surface area contributed by atoms with Gasteiger partial charge in [0, 0.05) is 24.7 Å². The summed E-state index contributed by atoms with van der Waals surface area (Å²) in [5, 5.41) is 28.5. The summed E-state index contributed by atoms with van der Waals surface area (Å²) in [4.78, 5) is 22.9. The summed E-state index contributed by atoms with van der Waals surface area (Å²) in [6.45, 7) is 0. The molecule has 0 radical (unpaired) electrons. The third-order valence-corrected chi connectivity index (χ3v) is 5.20. The summed E-state index contributed by atoms with van der Waals surface area (Å²) >= 11 is 0. The number of rotatable bonds is 10. The van der Waals surface area contributed by atoms with Crippen LogP contribution in [0.15, 0.2) is 48.6 Å². The second-order valence-corrected chi connectivity index (χ2v) is 7.39. The fraction of sp³-hybridized carbons (Fsp3) is 0.478. The van der Waals surface area contributed by atoms with E-state index in [4.69, 9.17) is 5.11 Å². The largest absolute Gasteiger partial charge is 0.508 e. The zero-order chi connectivity index (χ0) is 20.4. The van der Waals surface area contributed by atoms with E-state index in [0.29, 0.717) is 32.1 Å². The van der Waals surface area contributed by atoms with E-state index >= 15 is 0 Å². The normalized spacial score (nSPS) is 22.9. The van der Waals surface area contributed by atoms with Gasteiger partial charge < -0.3 is 15.3 Å². The molecule has 5 heteroatoms. The van der Waals surface area contributed by atoms with Gasteiger partial charge in [-0.25, -0.2) is 0 Å². The molecule has 1 aromatic carbocycles. The lowest BCUT2D eigenvalue weighted by Crippen LogP contribution is -2.37. The van der Waals surface area contributed by atoms with Crippen LogP contribution in [-0.2, 0) is 16.0 Å². The number of phenols is 1. The molecular formula is C23H30O5. The Bertz CT molecular complexity index is 707. The average molecular weight is 386 g/mol. The molecule has 2 rings (SSSR count). The Morgan fingerprint density at radius 3 is 2.75 bits per heavy atom. The van der Waals surface area contributed by atoms with Gasteiger partial charge in [-0.1, -0.05) is 36.4 Å². The maximum Gasteiger partial charge on any atom is 0.303 e. The summed E-state index contributed by atoms with van der Waals surface area (Å²) in [7, 11) is 0. The third kappa shape index (κ3) is 7.31. The van der Waals surface area contributed by atoms with Crippen LogP contribution in [0.25, 0.3) is 0 Å². The molecule has 1 fully saturated rings. The van der Waals surface area contributed by atoms with E-state index < -0.39 is 12.1 Å². The Morgan fingerprint density at radius 1 is 1.18 bits per heavy atom. The average Bonchev–Trinajstić information content (AvgIpc) is 2.65. The molecule has 0 heterocycles. The van der Waals surface area contributed by atoms with Gasteiger partial charge in [-0.15, -0.1) is 0 Å².